The maximum Gasteiger partial charge on any atom is 0.347 e. The minimum absolute atomic E-state index is 0.0637. The standard InChI is InChI=1S/C34H42O10/c1-9-17(2)30(38)44-29-21-14-20-22(10-12-33(6)23(20)15-24(36)43-28(33)19-11-13-41-16-19)34(7,27(21)37)26(32(29,4)5)25(31(39)40-8)42-18(3)35/h9,11,13,16,21-22,25-26,28-29H,10,12,14-15H2,1-8H3. The number of rotatable bonds is 6. The molecule has 8 atom stereocenters. The molecule has 10 heteroatoms. The fourth-order valence-corrected chi connectivity index (χ4v) is 8.98. The molecule has 3 aliphatic carbocycles. The summed E-state index contributed by atoms with van der Waals surface area (Å²) in [5, 5.41) is 0. The van der Waals surface area contributed by atoms with E-state index < -0.39 is 64.3 Å². The van der Waals surface area contributed by atoms with Gasteiger partial charge in [-0.1, -0.05) is 39.3 Å². The van der Waals surface area contributed by atoms with Gasteiger partial charge >= 0.3 is 23.9 Å². The van der Waals surface area contributed by atoms with Gasteiger partial charge in [-0.05, 0) is 50.7 Å². The third-order valence-electron chi connectivity index (χ3n) is 11.0. The van der Waals surface area contributed by atoms with Gasteiger partial charge in [0, 0.05) is 40.2 Å². The predicted molar refractivity (Wildman–Crippen MR) is 155 cm³/mol. The molecule has 2 bridgehead atoms. The van der Waals surface area contributed by atoms with Crippen LogP contribution in [-0.2, 0) is 42.9 Å². The zero-order valence-corrected chi connectivity index (χ0v) is 26.7. The summed E-state index contributed by atoms with van der Waals surface area (Å²) in [7, 11) is 1.21. The third kappa shape index (κ3) is 4.63. The molecule has 44 heavy (non-hydrogen) atoms. The highest BCUT2D eigenvalue weighted by Crippen LogP contribution is 2.68. The van der Waals surface area contributed by atoms with Crippen LogP contribution in [0.4, 0.5) is 0 Å². The summed E-state index contributed by atoms with van der Waals surface area (Å²) >= 11 is 0. The van der Waals surface area contributed by atoms with Crippen molar-refractivity contribution < 1.29 is 47.3 Å². The Morgan fingerprint density at radius 3 is 2.41 bits per heavy atom. The molecule has 1 saturated heterocycles. The first-order valence-electron chi connectivity index (χ1n) is 15.2. The average Bonchev–Trinajstić information content (AvgIpc) is 3.50. The molecular formula is C34H42O10. The molecule has 0 spiro atoms. The van der Waals surface area contributed by atoms with Crippen molar-refractivity contribution in [3.05, 3.63) is 47.0 Å². The van der Waals surface area contributed by atoms with Gasteiger partial charge in [0.05, 0.1) is 32.0 Å². The number of hydrogen-bond acceptors (Lipinski definition) is 10. The first-order valence-corrected chi connectivity index (χ1v) is 15.2. The number of fused-ring (bicyclic) bond motifs is 5. The maximum atomic E-state index is 14.7. The topological polar surface area (TPSA) is 135 Å². The van der Waals surface area contributed by atoms with Crippen molar-refractivity contribution in [3.8, 4) is 0 Å². The van der Waals surface area contributed by atoms with Crippen molar-refractivity contribution in [1.82, 2.24) is 0 Å². The number of allylic oxidation sites excluding steroid dienone is 2. The van der Waals surface area contributed by atoms with Crippen LogP contribution >= 0.6 is 0 Å². The molecule has 2 saturated carbocycles. The van der Waals surface area contributed by atoms with E-state index in [9.17, 15) is 24.0 Å². The number of cyclic esters (lactones) is 1. The zero-order chi connectivity index (χ0) is 32.4. The number of furan rings is 1. The molecule has 0 aromatic carbocycles. The Balaban J connectivity index is 1.74. The number of ether oxygens (including phenoxy) is 4. The molecule has 1 aliphatic heterocycles. The molecule has 0 amide bonds. The van der Waals surface area contributed by atoms with Crippen LogP contribution < -0.4 is 0 Å². The summed E-state index contributed by atoms with van der Waals surface area (Å²) < 4.78 is 28.2. The molecule has 2 heterocycles. The van der Waals surface area contributed by atoms with Crippen LogP contribution in [-0.4, -0.2) is 49.0 Å². The van der Waals surface area contributed by atoms with Crippen molar-refractivity contribution in [1.29, 1.82) is 0 Å². The SMILES string of the molecule is CC=C(C)C(=O)OC1C2CC3=C4CC(=O)OC(c5ccoc5)C4(C)CCC3C(C)(C2=O)C(C(OC(C)=O)C(=O)OC)C1(C)C. The van der Waals surface area contributed by atoms with Gasteiger partial charge in [-0.25, -0.2) is 9.59 Å². The van der Waals surface area contributed by atoms with Crippen LogP contribution in [0.1, 0.15) is 85.8 Å². The van der Waals surface area contributed by atoms with E-state index >= 15 is 0 Å². The van der Waals surface area contributed by atoms with E-state index in [0.29, 0.717) is 24.8 Å². The lowest BCUT2D eigenvalue weighted by Crippen LogP contribution is -2.70. The van der Waals surface area contributed by atoms with Crippen LogP contribution in [0.25, 0.3) is 0 Å². The highest BCUT2D eigenvalue weighted by Gasteiger charge is 2.71. The largest absolute Gasteiger partial charge is 0.472 e. The number of methoxy groups -OCH3 is 1. The molecule has 238 valence electrons. The van der Waals surface area contributed by atoms with E-state index in [1.165, 1.54) is 14.0 Å². The predicted octanol–water partition coefficient (Wildman–Crippen LogP) is 5.21. The lowest BCUT2D eigenvalue weighted by atomic mass is 9.40. The van der Waals surface area contributed by atoms with Crippen LogP contribution in [0.3, 0.4) is 0 Å². The van der Waals surface area contributed by atoms with E-state index in [1.807, 2.05) is 20.8 Å². The van der Waals surface area contributed by atoms with Gasteiger partial charge in [-0.3, -0.25) is 14.4 Å². The summed E-state index contributed by atoms with van der Waals surface area (Å²) in [5.41, 5.74) is 0.209. The molecule has 1 aromatic rings. The second kappa shape index (κ2) is 11.0. The van der Waals surface area contributed by atoms with E-state index in [4.69, 9.17) is 23.4 Å². The second-order valence-electron chi connectivity index (χ2n) is 13.7. The van der Waals surface area contributed by atoms with Gasteiger partial charge in [-0.2, -0.15) is 0 Å². The fourth-order valence-electron chi connectivity index (χ4n) is 8.98. The molecule has 10 nitrogen and oxygen atoms in total. The van der Waals surface area contributed by atoms with E-state index in [0.717, 1.165) is 16.7 Å². The minimum Gasteiger partial charge on any atom is -0.472 e. The van der Waals surface area contributed by atoms with Gasteiger partial charge in [0.15, 0.2) is 0 Å². The fraction of sp³-hybridized carbons (Fsp3) is 0.618. The van der Waals surface area contributed by atoms with Gasteiger partial charge in [0.1, 0.15) is 18.0 Å². The highest BCUT2D eigenvalue weighted by molar-refractivity contribution is 5.94. The Hall–Kier alpha value is -3.69. The number of carbonyl (C=O) groups excluding carboxylic acids is 5. The van der Waals surface area contributed by atoms with E-state index in [2.05, 4.69) is 6.92 Å². The van der Waals surface area contributed by atoms with Gasteiger partial charge in [0.25, 0.3) is 0 Å². The molecule has 0 N–H and O–H groups in total. The summed E-state index contributed by atoms with van der Waals surface area (Å²) in [5.74, 6) is -4.60. The third-order valence-corrected chi connectivity index (χ3v) is 11.0. The van der Waals surface area contributed by atoms with Crippen LogP contribution in [0.2, 0.25) is 0 Å². The summed E-state index contributed by atoms with van der Waals surface area (Å²) in [4.78, 5) is 66.9. The Kier molecular flexibility index (Phi) is 7.96. The molecule has 8 unspecified atom stereocenters. The molecule has 1 aromatic heterocycles. The Morgan fingerprint density at radius 1 is 1.11 bits per heavy atom. The molecule has 5 rings (SSSR count). The Morgan fingerprint density at radius 2 is 1.82 bits per heavy atom. The lowest BCUT2D eigenvalue weighted by molar-refractivity contribution is -0.217. The smallest absolute Gasteiger partial charge is 0.347 e. The molecule has 0 radical (unpaired) electrons. The van der Waals surface area contributed by atoms with Gasteiger partial charge in [0.2, 0.25) is 6.10 Å². The molecular weight excluding hydrogens is 568 g/mol. The zero-order valence-electron chi connectivity index (χ0n) is 26.7. The Bertz CT molecular complexity index is 1450. The number of ketones is 1. The number of Topliss-reactive ketones (excluding diaryl/α,β-unsaturated/α-hetero) is 1. The van der Waals surface area contributed by atoms with Gasteiger partial charge in [-0.15, -0.1) is 0 Å². The van der Waals surface area contributed by atoms with Crippen molar-refractivity contribution in [2.45, 2.75) is 92.5 Å². The quantitative estimate of drug-likeness (QED) is 0.183. The number of hydrogen-bond donors (Lipinski definition) is 0. The number of carbonyl (C=O) groups is 5. The van der Waals surface area contributed by atoms with Crippen molar-refractivity contribution in [2.75, 3.05) is 7.11 Å². The summed E-state index contributed by atoms with van der Waals surface area (Å²) in [6.45, 7) is 12.2. The van der Waals surface area contributed by atoms with Crippen molar-refractivity contribution >= 4 is 29.7 Å². The second-order valence-corrected chi connectivity index (χ2v) is 13.7. The average molecular weight is 611 g/mol. The molecule has 4 aliphatic rings. The minimum atomic E-state index is -1.43. The number of esters is 4. The monoisotopic (exact) mass is 610 g/mol. The lowest BCUT2D eigenvalue weighted by Gasteiger charge is -2.64. The molecule has 3 fully saturated rings. The summed E-state index contributed by atoms with van der Waals surface area (Å²) in [6.07, 6.45) is 3.34. The van der Waals surface area contributed by atoms with E-state index in [1.54, 1.807) is 38.5 Å². The highest BCUT2D eigenvalue weighted by atomic mass is 16.6. The maximum absolute atomic E-state index is 14.7. The van der Waals surface area contributed by atoms with Crippen molar-refractivity contribution in [3.63, 3.8) is 0 Å². The van der Waals surface area contributed by atoms with Crippen LogP contribution in [0.5, 0.6) is 0 Å². The van der Waals surface area contributed by atoms with Crippen molar-refractivity contribution in [2.24, 2.45) is 34.0 Å². The van der Waals surface area contributed by atoms with E-state index in [-0.39, 0.29) is 24.1 Å². The first kappa shape index (κ1) is 31.7. The van der Waals surface area contributed by atoms with Gasteiger partial charge < -0.3 is 23.4 Å². The van der Waals surface area contributed by atoms with Crippen LogP contribution in [0, 0.1) is 34.0 Å². The Labute approximate surface area is 257 Å². The first-order chi connectivity index (χ1) is 20.6. The summed E-state index contributed by atoms with van der Waals surface area (Å²) in [6, 6.07) is 1.79. The van der Waals surface area contributed by atoms with Crippen LogP contribution in [0.15, 0.2) is 45.8 Å². The normalized spacial score (nSPS) is 35.1.